The first kappa shape index (κ1) is 18.4. The molecule has 0 spiro atoms. The highest BCUT2D eigenvalue weighted by Crippen LogP contribution is 2.38. The lowest BCUT2D eigenvalue weighted by molar-refractivity contribution is -0.147. The molecule has 1 aliphatic heterocycles. The van der Waals surface area contributed by atoms with E-state index in [2.05, 4.69) is 4.98 Å². The minimum atomic E-state index is -0.491. The molecule has 4 rings (SSSR count). The summed E-state index contributed by atoms with van der Waals surface area (Å²) in [7, 11) is 0. The Labute approximate surface area is 162 Å². The number of carbonyl (C=O) groups is 3. The third-order valence-electron chi connectivity index (χ3n) is 5.44. The maximum atomic E-state index is 12.4. The van der Waals surface area contributed by atoms with Gasteiger partial charge in [0.25, 0.3) is 0 Å². The van der Waals surface area contributed by atoms with Crippen molar-refractivity contribution in [1.29, 1.82) is 0 Å². The normalized spacial score (nSPS) is 21.6. The first-order valence-corrected chi connectivity index (χ1v) is 9.64. The number of hydrogen-bond donors (Lipinski definition) is 0. The second kappa shape index (κ2) is 7.96. The molecule has 0 bridgehead atoms. The van der Waals surface area contributed by atoms with Crippen LogP contribution in [0.15, 0.2) is 40.9 Å². The molecule has 2 fully saturated rings. The topological polar surface area (TPSA) is 89.7 Å². The Balaban J connectivity index is 1.27. The highest BCUT2D eigenvalue weighted by atomic mass is 16.5. The van der Waals surface area contributed by atoms with E-state index in [4.69, 9.17) is 9.15 Å². The quantitative estimate of drug-likeness (QED) is 0.564. The molecule has 1 aromatic heterocycles. The van der Waals surface area contributed by atoms with E-state index in [-0.39, 0.29) is 43.2 Å². The number of nitrogens with zero attached hydrogens (tertiary/aromatic N) is 2. The summed E-state index contributed by atoms with van der Waals surface area (Å²) < 4.78 is 10.8. The van der Waals surface area contributed by atoms with Crippen LogP contribution in [0.2, 0.25) is 0 Å². The van der Waals surface area contributed by atoms with Crippen molar-refractivity contribution in [1.82, 2.24) is 9.88 Å². The molecule has 28 heavy (non-hydrogen) atoms. The summed E-state index contributed by atoms with van der Waals surface area (Å²) >= 11 is 0. The zero-order valence-electron chi connectivity index (χ0n) is 15.5. The second-order valence-electron chi connectivity index (χ2n) is 7.22. The van der Waals surface area contributed by atoms with Gasteiger partial charge in [0.2, 0.25) is 17.7 Å². The summed E-state index contributed by atoms with van der Waals surface area (Å²) in [4.78, 5) is 42.2. The van der Waals surface area contributed by atoms with Gasteiger partial charge < -0.3 is 9.15 Å². The molecule has 146 valence electrons. The van der Waals surface area contributed by atoms with Crippen LogP contribution in [0.1, 0.15) is 38.0 Å². The van der Waals surface area contributed by atoms with Crippen LogP contribution in [0, 0.1) is 11.8 Å². The van der Waals surface area contributed by atoms with Crippen molar-refractivity contribution < 1.29 is 23.5 Å². The largest absolute Gasteiger partial charge is 0.456 e. The van der Waals surface area contributed by atoms with Gasteiger partial charge in [0, 0.05) is 12.1 Å². The molecule has 2 heterocycles. The monoisotopic (exact) mass is 382 g/mol. The van der Waals surface area contributed by atoms with Gasteiger partial charge in [0.05, 0.1) is 24.5 Å². The van der Waals surface area contributed by atoms with Crippen LogP contribution in [0.5, 0.6) is 0 Å². The molecule has 7 nitrogen and oxygen atoms in total. The fraction of sp³-hybridized carbons (Fsp3) is 0.429. The lowest BCUT2D eigenvalue weighted by Gasteiger charge is -2.19. The number of benzene rings is 1. The zero-order valence-corrected chi connectivity index (χ0v) is 15.5. The third-order valence-corrected chi connectivity index (χ3v) is 5.44. The van der Waals surface area contributed by atoms with Crippen molar-refractivity contribution >= 4 is 17.8 Å². The van der Waals surface area contributed by atoms with Crippen molar-refractivity contribution in [2.45, 2.75) is 38.7 Å². The van der Waals surface area contributed by atoms with E-state index < -0.39 is 5.97 Å². The average molecular weight is 382 g/mol. The molecule has 0 radical (unpaired) electrons. The summed E-state index contributed by atoms with van der Waals surface area (Å²) in [5, 5.41) is 0. The summed E-state index contributed by atoms with van der Waals surface area (Å²) in [5.41, 5.74) is 0.889. The first-order chi connectivity index (χ1) is 13.6. The van der Waals surface area contributed by atoms with Crippen molar-refractivity contribution in [3.8, 4) is 11.3 Å². The molecule has 1 saturated heterocycles. The van der Waals surface area contributed by atoms with Gasteiger partial charge >= 0.3 is 5.97 Å². The van der Waals surface area contributed by atoms with Gasteiger partial charge in [-0.2, -0.15) is 0 Å². The molecule has 2 amide bonds. The molecule has 2 atom stereocenters. The molecule has 2 aliphatic rings. The summed E-state index contributed by atoms with van der Waals surface area (Å²) in [6.45, 7) is -0.0108. The van der Waals surface area contributed by atoms with Crippen LogP contribution < -0.4 is 0 Å². The Morgan fingerprint density at radius 2 is 1.79 bits per heavy atom. The van der Waals surface area contributed by atoms with E-state index in [0.29, 0.717) is 11.7 Å². The Morgan fingerprint density at radius 3 is 2.46 bits per heavy atom. The summed E-state index contributed by atoms with van der Waals surface area (Å²) in [6, 6.07) is 9.51. The van der Waals surface area contributed by atoms with E-state index >= 15 is 0 Å². The van der Waals surface area contributed by atoms with E-state index in [1.807, 2.05) is 30.3 Å². The van der Waals surface area contributed by atoms with E-state index in [9.17, 15) is 14.4 Å². The number of ether oxygens (including phenoxy) is 1. The van der Waals surface area contributed by atoms with E-state index in [0.717, 1.165) is 31.2 Å². The maximum Gasteiger partial charge on any atom is 0.308 e. The number of imide groups is 1. The fourth-order valence-electron chi connectivity index (χ4n) is 3.98. The van der Waals surface area contributed by atoms with Gasteiger partial charge in [-0.05, 0) is 12.8 Å². The zero-order chi connectivity index (χ0) is 19.5. The van der Waals surface area contributed by atoms with Crippen molar-refractivity contribution in [2.75, 3.05) is 6.54 Å². The lowest BCUT2D eigenvalue weighted by Crippen LogP contribution is -2.33. The number of carbonyl (C=O) groups excluding carboxylic acids is 3. The Bertz CT molecular complexity index is 852. The molecule has 1 aromatic carbocycles. The molecular weight excluding hydrogens is 360 g/mol. The maximum absolute atomic E-state index is 12.4. The molecule has 1 saturated carbocycles. The van der Waals surface area contributed by atoms with Crippen LogP contribution in [-0.2, 0) is 25.7 Å². The van der Waals surface area contributed by atoms with Crippen LogP contribution >= 0.6 is 0 Å². The minimum Gasteiger partial charge on any atom is -0.456 e. The van der Waals surface area contributed by atoms with Crippen LogP contribution in [0.4, 0.5) is 0 Å². The highest BCUT2D eigenvalue weighted by Gasteiger charge is 2.47. The number of fused-ring (bicyclic) bond motifs is 1. The minimum absolute atomic E-state index is 0.0246. The molecule has 7 heteroatoms. The van der Waals surface area contributed by atoms with Crippen LogP contribution in [0.25, 0.3) is 11.3 Å². The average Bonchev–Trinajstić information content (AvgIpc) is 3.30. The van der Waals surface area contributed by atoms with E-state index in [1.165, 1.54) is 4.90 Å². The third kappa shape index (κ3) is 3.69. The van der Waals surface area contributed by atoms with Gasteiger partial charge in [-0.3, -0.25) is 19.3 Å². The number of esters is 1. The van der Waals surface area contributed by atoms with Crippen LogP contribution in [0.3, 0.4) is 0 Å². The van der Waals surface area contributed by atoms with Crippen molar-refractivity contribution in [3.63, 3.8) is 0 Å². The van der Waals surface area contributed by atoms with Crippen molar-refractivity contribution in [3.05, 3.63) is 42.4 Å². The van der Waals surface area contributed by atoms with Crippen molar-refractivity contribution in [2.24, 2.45) is 11.8 Å². The number of likely N-dealkylation sites (tertiary alicyclic amines) is 1. The molecule has 0 N–H and O–H groups in total. The molecule has 0 unspecified atom stereocenters. The predicted octanol–water partition coefficient (Wildman–Crippen LogP) is 2.95. The number of hydrogen-bond acceptors (Lipinski definition) is 6. The van der Waals surface area contributed by atoms with Gasteiger partial charge in [0.1, 0.15) is 0 Å². The molecular formula is C21H22N2O5. The summed E-state index contributed by atoms with van der Waals surface area (Å²) in [5.74, 6) is -0.253. The standard InChI is InChI=1S/C21H22N2O5/c24-19(10-11-23-20(25)15-8-4-5-9-16(15)21(23)26)27-13-18-22-12-17(28-18)14-6-2-1-3-7-14/h1-3,6-7,12,15-16H,4-5,8-11,13H2/t15-,16+. The highest BCUT2D eigenvalue weighted by molar-refractivity contribution is 6.05. The van der Waals surface area contributed by atoms with Gasteiger partial charge in [-0.25, -0.2) is 4.98 Å². The SMILES string of the molecule is O=C(CCN1C(=O)[C@H]2CCCC[C@H]2C1=O)OCc1ncc(-c2ccccc2)o1. The number of amides is 2. The second-order valence-corrected chi connectivity index (χ2v) is 7.22. The predicted molar refractivity (Wildman–Crippen MR) is 98.5 cm³/mol. The summed E-state index contributed by atoms with van der Waals surface area (Å²) in [6.07, 6.45) is 5.06. The van der Waals surface area contributed by atoms with Gasteiger partial charge in [0.15, 0.2) is 12.4 Å². The molecule has 2 aromatic rings. The van der Waals surface area contributed by atoms with Gasteiger partial charge in [-0.1, -0.05) is 43.2 Å². The lowest BCUT2D eigenvalue weighted by atomic mass is 9.81. The Morgan fingerprint density at radius 1 is 1.11 bits per heavy atom. The fourth-order valence-corrected chi connectivity index (χ4v) is 3.98. The number of oxazole rings is 1. The van der Waals surface area contributed by atoms with Gasteiger partial charge in [-0.15, -0.1) is 0 Å². The molecule has 1 aliphatic carbocycles. The Hall–Kier alpha value is -2.96. The first-order valence-electron chi connectivity index (χ1n) is 9.64. The van der Waals surface area contributed by atoms with Crippen LogP contribution in [-0.4, -0.2) is 34.2 Å². The van der Waals surface area contributed by atoms with E-state index in [1.54, 1.807) is 6.20 Å². The number of aromatic nitrogens is 1. The smallest absolute Gasteiger partial charge is 0.308 e. The Kier molecular flexibility index (Phi) is 5.23. The number of rotatable bonds is 6.